The Morgan fingerprint density at radius 3 is 2.46 bits per heavy atom. The van der Waals surface area contributed by atoms with Gasteiger partial charge in [0, 0.05) is 30.0 Å². The lowest BCUT2D eigenvalue weighted by molar-refractivity contribution is -0.112. The highest BCUT2D eigenvalue weighted by Gasteiger charge is 2.26. The lowest BCUT2D eigenvalue weighted by Crippen LogP contribution is -2.35. The minimum atomic E-state index is -3.64. The van der Waals surface area contributed by atoms with Crippen molar-refractivity contribution in [1.29, 1.82) is 5.26 Å². The predicted molar refractivity (Wildman–Crippen MR) is 134 cm³/mol. The molecule has 1 N–H and O–H groups in total. The predicted octanol–water partition coefficient (Wildman–Crippen LogP) is 4.21. The molecule has 2 heterocycles. The van der Waals surface area contributed by atoms with Gasteiger partial charge in [0.15, 0.2) is 0 Å². The van der Waals surface area contributed by atoms with Crippen LogP contribution in [-0.2, 0) is 14.8 Å². The summed E-state index contributed by atoms with van der Waals surface area (Å²) in [7, 11) is -3.64. The molecule has 0 atom stereocenters. The number of hydrogen-bond acceptors (Lipinski definition) is 5. The van der Waals surface area contributed by atoms with Gasteiger partial charge < -0.3 is 5.32 Å². The number of benzene rings is 2. The van der Waals surface area contributed by atoms with E-state index < -0.39 is 15.9 Å². The summed E-state index contributed by atoms with van der Waals surface area (Å²) in [5.41, 5.74) is 3.24. The number of rotatable bonds is 6. The van der Waals surface area contributed by atoms with E-state index in [0.29, 0.717) is 30.0 Å². The minimum Gasteiger partial charge on any atom is -0.321 e. The molecule has 1 aliphatic rings. The van der Waals surface area contributed by atoms with Crippen LogP contribution < -0.4 is 5.32 Å². The number of nitriles is 1. The van der Waals surface area contributed by atoms with Crippen molar-refractivity contribution in [2.24, 2.45) is 0 Å². The van der Waals surface area contributed by atoms with Gasteiger partial charge in [-0.05, 0) is 63.1 Å². The molecule has 3 aromatic rings. The van der Waals surface area contributed by atoms with Crippen LogP contribution >= 0.6 is 0 Å². The summed E-state index contributed by atoms with van der Waals surface area (Å²) in [5, 5.41) is 16.9. The van der Waals surface area contributed by atoms with E-state index >= 15 is 0 Å². The minimum absolute atomic E-state index is 0.104. The summed E-state index contributed by atoms with van der Waals surface area (Å²) < 4.78 is 29.2. The van der Waals surface area contributed by atoms with E-state index in [4.69, 9.17) is 0 Å². The monoisotopic (exact) mass is 489 g/mol. The molecule has 1 aliphatic heterocycles. The molecule has 0 bridgehead atoms. The largest absolute Gasteiger partial charge is 0.321 e. The van der Waals surface area contributed by atoms with Gasteiger partial charge in [-0.1, -0.05) is 30.7 Å². The van der Waals surface area contributed by atoms with E-state index in [2.05, 4.69) is 10.4 Å². The first kappa shape index (κ1) is 24.4. The number of nitrogens with one attached hydrogen (secondary N) is 1. The molecule has 0 radical (unpaired) electrons. The molecule has 35 heavy (non-hydrogen) atoms. The summed E-state index contributed by atoms with van der Waals surface area (Å²) in [6, 6.07) is 17.7. The average Bonchev–Trinajstić information content (AvgIpc) is 3.16. The molecule has 1 aromatic heterocycles. The van der Waals surface area contributed by atoms with E-state index in [1.807, 2.05) is 50.2 Å². The van der Waals surface area contributed by atoms with Crippen LogP contribution in [0.2, 0.25) is 0 Å². The molecule has 180 valence electrons. The van der Waals surface area contributed by atoms with Gasteiger partial charge in [-0.3, -0.25) is 4.79 Å². The Morgan fingerprint density at radius 2 is 1.77 bits per heavy atom. The standard InChI is InChI=1S/C26H27N5O3S/c1-19-25(20(2)31(29-19)23-11-5-3-6-12-23)16-21(18-27)26(32)28-22-10-9-13-24(17-22)35(33,34)30-14-7-4-8-15-30/h3,5-6,9-13,16-17H,4,7-8,14-15H2,1-2H3,(H,28,32)/b21-16+. The Morgan fingerprint density at radius 1 is 1.06 bits per heavy atom. The van der Waals surface area contributed by atoms with Crippen LogP contribution in [0.1, 0.15) is 36.2 Å². The van der Waals surface area contributed by atoms with Crippen LogP contribution in [0.4, 0.5) is 5.69 Å². The third-order valence-corrected chi connectivity index (χ3v) is 7.94. The fourth-order valence-corrected chi connectivity index (χ4v) is 5.73. The summed E-state index contributed by atoms with van der Waals surface area (Å²) in [5.74, 6) is -0.619. The lowest BCUT2D eigenvalue weighted by atomic mass is 10.1. The zero-order chi connectivity index (χ0) is 25.0. The molecular formula is C26H27N5O3S. The maximum atomic E-state index is 13.0. The summed E-state index contributed by atoms with van der Waals surface area (Å²) in [6.07, 6.45) is 4.21. The molecule has 0 saturated carbocycles. The number of aryl methyl sites for hydroxylation is 1. The van der Waals surface area contributed by atoms with Crippen molar-refractivity contribution < 1.29 is 13.2 Å². The molecule has 0 unspecified atom stereocenters. The van der Waals surface area contributed by atoms with Crippen molar-refractivity contribution >= 4 is 27.7 Å². The van der Waals surface area contributed by atoms with Crippen LogP contribution in [0.5, 0.6) is 0 Å². The average molecular weight is 490 g/mol. The number of amides is 1. The molecule has 2 aromatic carbocycles. The summed E-state index contributed by atoms with van der Waals surface area (Å²) in [6.45, 7) is 4.69. The SMILES string of the molecule is Cc1nn(-c2ccccc2)c(C)c1/C=C(\C#N)C(=O)Nc1cccc(S(=O)(=O)N2CCCCC2)c1. The van der Waals surface area contributed by atoms with Crippen LogP contribution in [0.3, 0.4) is 0 Å². The number of aromatic nitrogens is 2. The zero-order valence-corrected chi connectivity index (χ0v) is 20.5. The Labute approximate surface area is 205 Å². The van der Waals surface area contributed by atoms with E-state index in [-0.39, 0.29) is 10.5 Å². The van der Waals surface area contributed by atoms with Crippen molar-refractivity contribution in [3.63, 3.8) is 0 Å². The number of piperidine rings is 1. The first-order valence-corrected chi connectivity index (χ1v) is 12.9. The van der Waals surface area contributed by atoms with Crippen molar-refractivity contribution in [3.8, 4) is 11.8 Å². The maximum absolute atomic E-state index is 13.0. The fraction of sp³-hybridized carbons (Fsp3) is 0.269. The Bertz CT molecular complexity index is 1410. The smallest absolute Gasteiger partial charge is 0.266 e. The number of sulfonamides is 1. The molecule has 1 amide bonds. The molecule has 0 aliphatic carbocycles. The quantitative estimate of drug-likeness (QED) is 0.412. The number of hydrogen-bond donors (Lipinski definition) is 1. The van der Waals surface area contributed by atoms with Crippen molar-refractivity contribution in [2.45, 2.75) is 38.0 Å². The molecule has 0 spiro atoms. The van der Waals surface area contributed by atoms with Gasteiger partial charge in [-0.15, -0.1) is 0 Å². The first-order valence-electron chi connectivity index (χ1n) is 11.5. The second-order valence-electron chi connectivity index (χ2n) is 8.45. The van der Waals surface area contributed by atoms with E-state index in [0.717, 1.165) is 30.6 Å². The van der Waals surface area contributed by atoms with Gasteiger partial charge in [0.2, 0.25) is 10.0 Å². The summed E-state index contributed by atoms with van der Waals surface area (Å²) >= 11 is 0. The second-order valence-corrected chi connectivity index (χ2v) is 10.4. The number of nitrogens with zero attached hydrogens (tertiary/aromatic N) is 4. The normalized spacial score (nSPS) is 14.9. The van der Waals surface area contributed by atoms with Gasteiger partial charge >= 0.3 is 0 Å². The highest BCUT2D eigenvalue weighted by Crippen LogP contribution is 2.24. The van der Waals surface area contributed by atoms with E-state index in [1.54, 1.807) is 16.8 Å². The van der Waals surface area contributed by atoms with Gasteiger partial charge in [0.05, 0.1) is 16.3 Å². The molecule has 4 rings (SSSR count). The van der Waals surface area contributed by atoms with Gasteiger partial charge in [0.25, 0.3) is 5.91 Å². The van der Waals surface area contributed by atoms with Gasteiger partial charge in [0.1, 0.15) is 11.6 Å². The molecule has 8 nitrogen and oxygen atoms in total. The Hall–Kier alpha value is -3.74. The van der Waals surface area contributed by atoms with Crippen molar-refractivity contribution in [1.82, 2.24) is 14.1 Å². The Kier molecular flexibility index (Phi) is 7.15. The molecular weight excluding hydrogens is 462 g/mol. The first-order chi connectivity index (χ1) is 16.8. The summed E-state index contributed by atoms with van der Waals surface area (Å²) in [4.78, 5) is 13.0. The highest BCUT2D eigenvalue weighted by atomic mass is 32.2. The third kappa shape index (κ3) is 5.19. The van der Waals surface area contributed by atoms with Crippen molar-refractivity contribution in [3.05, 3.63) is 77.1 Å². The second kappa shape index (κ2) is 10.3. The van der Waals surface area contributed by atoms with Crippen LogP contribution in [0, 0.1) is 25.2 Å². The third-order valence-electron chi connectivity index (χ3n) is 6.05. The molecule has 1 fully saturated rings. The number of para-hydroxylation sites is 1. The topological polar surface area (TPSA) is 108 Å². The maximum Gasteiger partial charge on any atom is 0.266 e. The highest BCUT2D eigenvalue weighted by molar-refractivity contribution is 7.89. The van der Waals surface area contributed by atoms with E-state index in [1.165, 1.54) is 22.5 Å². The van der Waals surface area contributed by atoms with Crippen LogP contribution in [0.25, 0.3) is 11.8 Å². The number of anilines is 1. The molecule has 9 heteroatoms. The van der Waals surface area contributed by atoms with Crippen molar-refractivity contribution in [2.75, 3.05) is 18.4 Å². The number of carbonyl (C=O) groups excluding carboxylic acids is 1. The lowest BCUT2D eigenvalue weighted by Gasteiger charge is -2.26. The van der Waals surface area contributed by atoms with E-state index in [9.17, 15) is 18.5 Å². The van der Waals surface area contributed by atoms with Crippen LogP contribution in [0.15, 0.2) is 65.1 Å². The van der Waals surface area contributed by atoms with Crippen LogP contribution in [-0.4, -0.2) is 41.5 Å². The van der Waals surface area contributed by atoms with Gasteiger partial charge in [-0.2, -0.15) is 14.7 Å². The molecule has 1 saturated heterocycles. The Balaban J connectivity index is 1.58. The fourth-order valence-electron chi connectivity index (χ4n) is 4.16. The number of carbonyl (C=O) groups is 1. The van der Waals surface area contributed by atoms with Gasteiger partial charge in [-0.25, -0.2) is 13.1 Å². The zero-order valence-electron chi connectivity index (χ0n) is 19.7.